The number of nitrogens with one attached hydrogen (secondary N) is 2. The number of benzene rings is 2. The number of carbonyl (C=O) groups is 2. The lowest BCUT2D eigenvalue weighted by atomic mass is 10.0. The van der Waals surface area contributed by atoms with Gasteiger partial charge in [0.15, 0.2) is 0 Å². The first-order valence-corrected chi connectivity index (χ1v) is 8.19. The summed E-state index contributed by atoms with van der Waals surface area (Å²) >= 11 is 0. The summed E-state index contributed by atoms with van der Waals surface area (Å²) in [6.07, 6.45) is 4.38. The zero-order chi connectivity index (χ0) is 19.2. The van der Waals surface area contributed by atoms with E-state index in [0.717, 1.165) is 5.56 Å². The Bertz CT molecular complexity index is 974. The SMILES string of the molecule is COc1cccc(NC(=O)c2ccc(C)c(C(=O)Nc3cncnc3)c2)c1. The lowest BCUT2D eigenvalue weighted by Crippen LogP contribution is -2.17. The molecule has 0 bridgehead atoms. The van der Waals surface area contributed by atoms with E-state index in [0.29, 0.717) is 28.3 Å². The molecule has 7 heteroatoms. The van der Waals surface area contributed by atoms with Gasteiger partial charge in [-0.15, -0.1) is 0 Å². The van der Waals surface area contributed by atoms with Crippen LogP contribution in [0.4, 0.5) is 11.4 Å². The zero-order valence-corrected chi connectivity index (χ0v) is 14.9. The molecule has 27 heavy (non-hydrogen) atoms. The number of ether oxygens (including phenoxy) is 1. The number of methoxy groups -OCH3 is 1. The molecule has 2 aromatic carbocycles. The average Bonchev–Trinajstić information content (AvgIpc) is 2.69. The zero-order valence-electron chi connectivity index (χ0n) is 14.9. The van der Waals surface area contributed by atoms with Crippen LogP contribution < -0.4 is 15.4 Å². The summed E-state index contributed by atoms with van der Waals surface area (Å²) in [7, 11) is 1.56. The second kappa shape index (κ2) is 8.09. The van der Waals surface area contributed by atoms with Crippen molar-refractivity contribution in [1.82, 2.24) is 9.97 Å². The van der Waals surface area contributed by atoms with Crippen molar-refractivity contribution in [2.75, 3.05) is 17.7 Å². The molecular formula is C20H18N4O3. The predicted octanol–water partition coefficient (Wildman–Crippen LogP) is 3.30. The molecule has 0 radical (unpaired) electrons. The number of aromatic nitrogens is 2. The number of nitrogens with zero attached hydrogens (tertiary/aromatic N) is 2. The molecule has 2 amide bonds. The lowest BCUT2D eigenvalue weighted by molar-refractivity contribution is 0.102. The lowest BCUT2D eigenvalue weighted by Gasteiger charge is -2.10. The Balaban J connectivity index is 1.79. The molecule has 3 rings (SSSR count). The van der Waals surface area contributed by atoms with Crippen LogP contribution in [0.5, 0.6) is 5.75 Å². The summed E-state index contributed by atoms with van der Waals surface area (Å²) in [6.45, 7) is 1.81. The molecule has 2 N–H and O–H groups in total. The summed E-state index contributed by atoms with van der Waals surface area (Å²) in [5.74, 6) is -0.0134. The van der Waals surface area contributed by atoms with Gasteiger partial charge in [-0.1, -0.05) is 12.1 Å². The largest absolute Gasteiger partial charge is 0.497 e. The Hall–Kier alpha value is -3.74. The van der Waals surface area contributed by atoms with E-state index in [1.807, 2.05) is 0 Å². The second-order valence-corrected chi connectivity index (χ2v) is 5.80. The van der Waals surface area contributed by atoms with Gasteiger partial charge in [0.1, 0.15) is 12.1 Å². The fourth-order valence-electron chi connectivity index (χ4n) is 2.47. The maximum Gasteiger partial charge on any atom is 0.256 e. The molecule has 0 fully saturated rings. The third-order valence-electron chi connectivity index (χ3n) is 3.89. The molecule has 136 valence electrons. The fraction of sp³-hybridized carbons (Fsp3) is 0.100. The molecule has 1 heterocycles. The molecule has 1 aromatic heterocycles. The van der Waals surface area contributed by atoms with Gasteiger partial charge in [-0.05, 0) is 36.8 Å². The highest BCUT2D eigenvalue weighted by Crippen LogP contribution is 2.19. The number of aryl methyl sites for hydroxylation is 1. The summed E-state index contributed by atoms with van der Waals surface area (Å²) in [5.41, 5.74) is 2.61. The Morgan fingerprint density at radius 1 is 0.926 bits per heavy atom. The molecule has 0 aliphatic heterocycles. The maximum absolute atomic E-state index is 12.6. The maximum atomic E-state index is 12.6. The molecule has 0 atom stereocenters. The molecule has 3 aromatic rings. The number of hydrogen-bond acceptors (Lipinski definition) is 5. The molecule has 0 unspecified atom stereocenters. The highest BCUT2D eigenvalue weighted by Gasteiger charge is 2.14. The Kier molecular flexibility index (Phi) is 5.41. The highest BCUT2D eigenvalue weighted by atomic mass is 16.5. The topological polar surface area (TPSA) is 93.2 Å². The minimum Gasteiger partial charge on any atom is -0.497 e. The Morgan fingerprint density at radius 2 is 1.67 bits per heavy atom. The fourth-order valence-corrected chi connectivity index (χ4v) is 2.47. The molecule has 7 nitrogen and oxygen atoms in total. The van der Waals surface area contributed by atoms with E-state index in [1.54, 1.807) is 56.5 Å². The van der Waals surface area contributed by atoms with E-state index in [2.05, 4.69) is 20.6 Å². The van der Waals surface area contributed by atoms with Gasteiger partial charge in [0.2, 0.25) is 0 Å². The van der Waals surface area contributed by atoms with Crippen LogP contribution in [-0.4, -0.2) is 28.9 Å². The summed E-state index contributed by atoms with van der Waals surface area (Å²) in [4.78, 5) is 32.8. The van der Waals surface area contributed by atoms with E-state index in [4.69, 9.17) is 4.74 Å². The molecule has 0 saturated heterocycles. The van der Waals surface area contributed by atoms with Gasteiger partial charge >= 0.3 is 0 Å². The van der Waals surface area contributed by atoms with Crippen LogP contribution in [0.3, 0.4) is 0 Å². The van der Waals surface area contributed by atoms with Crippen LogP contribution in [0.25, 0.3) is 0 Å². The first kappa shape index (κ1) is 18.1. The highest BCUT2D eigenvalue weighted by molar-refractivity contribution is 6.09. The van der Waals surface area contributed by atoms with Gasteiger partial charge in [0.05, 0.1) is 25.2 Å². The van der Waals surface area contributed by atoms with Crippen molar-refractivity contribution in [1.29, 1.82) is 0 Å². The second-order valence-electron chi connectivity index (χ2n) is 5.80. The van der Waals surface area contributed by atoms with Crippen molar-refractivity contribution in [3.05, 3.63) is 77.9 Å². The van der Waals surface area contributed by atoms with E-state index < -0.39 is 0 Å². The van der Waals surface area contributed by atoms with Crippen LogP contribution in [0, 0.1) is 6.92 Å². The van der Waals surface area contributed by atoms with Gasteiger partial charge in [-0.25, -0.2) is 9.97 Å². The van der Waals surface area contributed by atoms with Crippen molar-refractivity contribution in [2.45, 2.75) is 6.92 Å². The van der Waals surface area contributed by atoms with Gasteiger partial charge in [-0.3, -0.25) is 9.59 Å². The summed E-state index contributed by atoms with van der Waals surface area (Å²) < 4.78 is 5.15. The number of carbonyl (C=O) groups excluding carboxylic acids is 2. The molecule has 0 spiro atoms. The number of amides is 2. The van der Waals surface area contributed by atoms with Gasteiger partial charge in [0, 0.05) is 22.9 Å². The first-order valence-electron chi connectivity index (χ1n) is 8.19. The standard InChI is InChI=1S/C20H18N4O3/c1-13-6-7-14(19(25)23-15-4-3-5-17(9-15)27-2)8-18(13)20(26)24-16-10-21-12-22-11-16/h3-12H,1-2H3,(H,23,25)(H,24,26). The van der Waals surface area contributed by atoms with Crippen molar-refractivity contribution < 1.29 is 14.3 Å². The van der Waals surface area contributed by atoms with Crippen LogP contribution in [0.15, 0.2) is 61.2 Å². The van der Waals surface area contributed by atoms with Gasteiger partial charge in [0.25, 0.3) is 11.8 Å². The Labute approximate surface area is 156 Å². The van der Waals surface area contributed by atoms with E-state index >= 15 is 0 Å². The monoisotopic (exact) mass is 362 g/mol. The minimum absolute atomic E-state index is 0.319. The van der Waals surface area contributed by atoms with Crippen molar-refractivity contribution in [3.63, 3.8) is 0 Å². The van der Waals surface area contributed by atoms with Gasteiger partial charge in [-0.2, -0.15) is 0 Å². The molecule has 0 aliphatic carbocycles. The third kappa shape index (κ3) is 4.46. The van der Waals surface area contributed by atoms with E-state index in [9.17, 15) is 9.59 Å². The van der Waals surface area contributed by atoms with Crippen molar-refractivity contribution in [2.24, 2.45) is 0 Å². The van der Waals surface area contributed by atoms with Crippen LogP contribution >= 0.6 is 0 Å². The smallest absolute Gasteiger partial charge is 0.256 e. The van der Waals surface area contributed by atoms with Crippen LogP contribution in [0.2, 0.25) is 0 Å². The normalized spacial score (nSPS) is 10.1. The molecular weight excluding hydrogens is 344 g/mol. The van der Waals surface area contributed by atoms with Crippen LogP contribution in [-0.2, 0) is 0 Å². The van der Waals surface area contributed by atoms with Gasteiger partial charge < -0.3 is 15.4 Å². The quantitative estimate of drug-likeness (QED) is 0.726. The Morgan fingerprint density at radius 3 is 2.41 bits per heavy atom. The minimum atomic E-state index is -0.335. The van der Waals surface area contributed by atoms with E-state index in [1.165, 1.54) is 18.7 Å². The first-order chi connectivity index (χ1) is 13.1. The third-order valence-corrected chi connectivity index (χ3v) is 3.89. The number of anilines is 2. The average molecular weight is 362 g/mol. The van der Waals surface area contributed by atoms with Crippen molar-refractivity contribution >= 4 is 23.2 Å². The predicted molar refractivity (Wildman–Crippen MR) is 102 cm³/mol. The summed E-state index contributed by atoms with van der Waals surface area (Å²) in [6, 6.07) is 12.0. The number of hydrogen-bond donors (Lipinski definition) is 2. The summed E-state index contributed by atoms with van der Waals surface area (Å²) in [5, 5.41) is 5.52. The number of rotatable bonds is 5. The van der Waals surface area contributed by atoms with E-state index in [-0.39, 0.29) is 11.8 Å². The van der Waals surface area contributed by atoms with Crippen molar-refractivity contribution in [3.8, 4) is 5.75 Å². The molecule has 0 aliphatic rings. The molecule has 0 saturated carbocycles. The van der Waals surface area contributed by atoms with Crippen LogP contribution in [0.1, 0.15) is 26.3 Å².